The minimum absolute atomic E-state index is 0.168. The van der Waals surface area contributed by atoms with Gasteiger partial charge in [0.2, 0.25) is 0 Å². The van der Waals surface area contributed by atoms with Crippen molar-refractivity contribution in [3.05, 3.63) is 0 Å². The summed E-state index contributed by atoms with van der Waals surface area (Å²) in [5, 5.41) is 12.3. The van der Waals surface area contributed by atoms with Crippen molar-refractivity contribution in [3.63, 3.8) is 0 Å². The minimum atomic E-state index is -0.885. The van der Waals surface area contributed by atoms with Crippen LogP contribution in [0.4, 0.5) is 4.79 Å². The predicted molar refractivity (Wildman–Crippen MR) is 80.2 cm³/mol. The van der Waals surface area contributed by atoms with E-state index < -0.39 is 11.4 Å². The highest BCUT2D eigenvalue weighted by atomic mass is 16.5. The van der Waals surface area contributed by atoms with Gasteiger partial charge in [0, 0.05) is 32.8 Å². The average Bonchev–Trinajstić information content (AvgIpc) is 2.50. The van der Waals surface area contributed by atoms with Crippen molar-refractivity contribution in [2.45, 2.75) is 40.0 Å². The zero-order valence-electron chi connectivity index (χ0n) is 13.4. The predicted octanol–water partition coefficient (Wildman–Crippen LogP) is 1.95. The monoisotopic (exact) mass is 300 g/mol. The Morgan fingerprint density at radius 1 is 1.33 bits per heavy atom. The molecule has 2 amide bonds. The van der Waals surface area contributed by atoms with Gasteiger partial charge in [0.15, 0.2) is 0 Å². The summed E-state index contributed by atoms with van der Waals surface area (Å²) < 4.78 is 5.23. The first kappa shape index (κ1) is 17.8. The quantitative estimate of drug-likeness (QED) is 0.753. The van der Waals surface area contributed by atoms with Gasteiger partial charge in [-0.2, -0.15) is 0 Å². The maximum Gasteiger partial charge on any atom is 0.317 e. The zero-order chi connectivity index (χ0) is 15.9. The van der Waals surface area contributed by atoms with Crippen LogP contribution in [0.3, 0.4) is 0 Å². The molecule has 0 radical (unpaired) electrons. The number of carbonyl (C=O) groups is 2. The molecule has 6 heteroatoms. The zero-order valence-corrected chi connectivity index (χ0v) is 13.4. The van der Waals surface area contributed by atoms with Crippen LogP contribution >= 0.6 is 0 Å². The molecule has 0 aromatic carbocycles. The Kier molecular flexibility index (Phi) is 6.95. The molecule has 1 aliphatic rings. The Labute approximate surface area is 126 Å². The molecular weight excluding hydrogens is 272 g/mol. The molecule has 122 valence electrons. The van der Waals surface area contributed by atoms with E-state index in [9.17, 15) is 14.7 Å². The number of hydrogen-bond donors (Lipinski definition) is 2. The lowest BCUT2D eigenvalue weighted by Gasteiger charge is -2.34. The molecular formula is C15H28N2O4. The van der Waals surface area contributed by atoms with E-state index in [4.69, 9.17) is 4.74 Å². The van der Waals surface area contributed by atoms with E-state index in [0.717, 1.165) is 6.42 Å². The van der Waals surface area contributed by atoms with Crippen LogP contribution in [0, 0.1) is 11.3 Å². The molecule has 0 saturated carbocycles. The highest BCUT2D eigenvalue weighted by Gasteiger charge is 2.40. The summed E-state index contributed by atoms with van der Waals surface area (Å²) in [7, 11) is 0. The van der Waals surface area contributed by atoms with Crippen LogP contribution in [-0.2, 0) is 9.53 Å². The van der Waals surface area contributed by atoms with Gasteiger partial charge in [0.05, 0.1) is 5.41 Å². The molecule has 1 atom stereocenters. The lowest BCUT2D eigenvalue weighted by molar-refractivity contribution is -0.154. The fourth-order valence-corrected chi connectivity index (χ4v) is 2.45. The van der Waals surface area contributed by atoms with Gasteiger partial charge in [-0.1, -0.05) is 20.3 Å². The van der Waals surface area contributed by atoms with Crippen molar-refractivity contribution in [1.29, 1.82) is 0 Å². The van der Waals surface area contributed by atoms with E-state index in [-0.39, 0.29) is 12.6 Å². The molecule has 1 fully saturated rings. The topological polar surface area (TPSA) is 78.9 Å². The molecule has 6 nitrogen and oxygen atoms in total. The van der Waals surface area contributed by atoms with Crippen LogP contribution in [0.25, 0.3) is 0 Å². The number of rotatable bonds is 7. The Bertz CT molecular complexity index is 354. The number of nitrogens with one attached hydrogen (secondary N) is 1. The Balaban J connectivity index is 2.57. The number of aliphatic carboxylic acids is 1. The number of ether oxygens (including phenoxy) is 1. The van der Waals surface area contributed by atoms with Crippen LogP contribution in [0.5, 0.6) is 0 Å². The van der Waals surface area contributed by atoms with E-state index in [1.54, 1.807) is 4.90 Å². The second-order valence-corrected chi connectivity index (χ2v) is 5.91. The molecule has 0 aromatic rings. The molecule has 1 saturated heterocycles. The fraction of sp³-hybridized carbons (Fsp3) is 0.867. The summed E-state index contributed by atoms with van der Waals surface area (Å²) >= 11 is 0. The normalized spacial score (nSPS) is 18.8. The van der Waals surface area contributed by atoms with Crippen LogP contribution < -0.4 is 5.32 Å². The number of urea groups is 1. The maximum absolute atomic E-state index is 12.2. The Morgan fingerprint density at radius 2 is 1.95 bits per heavy atom. The number of nitrogens with zero attached hydrogens (tertiary/aromatic N) is 1. The summed E-state index contributed by atoms with van der Waals surface area (Å²) in [4.78, 5) is 25.5. The van der Waals surface area contributed by atoms with Gasteiger partial charge in [-0.25, -0.2) is 4.79 Å². The molecule has 1 rings (SSSR count). The molecule has 1 heterocycles. The first-order valence-corrected chi connectivity index (χ1v) is 7.79. The second-order valence-electron chi connectivity index (χ2n) is 5.91. The summed E-state index contributed by atoms with van der Waals surface area (Å²) in [6, 6.07) is -0.176. The van der Waals surface area contributed by atoms with Crippen LogP contribution in [-0.4, -0.2) is 54.9 Å². The Morgan fingerprint density at radius 3 is 2.43 bits per heavy atom. The molecule has 2 N–H and O–H groups in total. The van der Waals surface area contributed by atoms with E-state index in [1.165, 1.54) is 0 Å². The number of carbonyl (C=O) groups excluding carboxylic acids is 1. The maximum atomic E-state index is 12.2. The summed E-state index contributed by atoms with van der Waals surface area (Å²) in [6.45, 7) is 8.50. The van der Waals surface area contributed by atoms with Gasteiger partial charge in [-0.05, 0) is 25.7 Å². The third-order valence-electron chi connectivity index (χ3n) is 4.38. The summed E-state index contributed by atoms with van der Waals surface area (Å²) in [5.74, 6) is -0.414. The van der Waals surface area contributed by atoms with Gasteiger partial charge in [-0.3, -0.25) is 4.79 Å². The lowest BCUT2D eigenvalue weighted by atomic mass is 9.80. The standard InChI is InChI=1S/C15H28N2O4/c1-4-12(3)10-17(5-2)14(20)16-11-15(13(18)19)6-8-21-9-7-15/h12H,4-11H2,1-3H3,(H,16,20)(H,18,19). The van der Waals surface area contributed by atoms with Crippen molar-refractivity contribution in [1.82, 2.24) is 10.2 Å². The third kappa shape index (κ3) is 4.88. The average molecular weight is 300 g/mol. The van der Waals surface area contributed by atoms with Gasteiger partial charge in [0.1, 0.15) is 0 Å². The molecule has 0 spiro atoms. The van der Waals surface area contributed by atoms with E-state index in [1.807, 2.05) is 6.92 Å². The number of carboxylic acids is 1. The van der Waals surface area contributed by atoms with Crippen LogP contribution in [0.15, 0.2) is 0 Å². The number of amides is 2. The minimum Gasteiger partial charge on any atom is -0.481 e. The molecule has 1 unspecified atom stereocenters. The first-order valence-electron chi connectivity index (χ1n) is 7.79. The highest BCUT2D eigenvalue weighted by Crippen LogP contribution is 2.30. The molecule has 1 aliphatic heterocycles. The highest BCUT2D eigenvalue weighted by molar-refractivity contribution is 5.78. The van der Waals surface area contributed by atoms with Gasteiger partial charge in [0.25, 0.3) is 0 Å². The van der Waals surface area contributed by atoms with Gasteiger partial charge in [-0.15, -0.1) is 0 Å². The van der Waals surface area contributed by atoms with E-state index in [0.29, 0.717) is 45.1 Å². The van der Waals surface area contributed by atoms with Crippen molar-refractivity contribution in [2.24, 2.45) is 11.3 Å². The molecule has 0 aromatic heterocycles. The molecule has 0 bridgehead atoms. The summed E-state index contributed by atoms with van der Waals surface area (Å²) in [6.07, 6.45) is 1.90. The van der Waals surface area contributed by atoms with Gasteiger partial charge >= 0.3 is 12.0 Å². The van der Waals surface area contributed by atoms with Crippen LogP contribution in [0.1, 0.15) is 40.0 Å². The fourth-order valence-electron chi connectivity index (χ4n) is 2.45. The second kappa shape index (κ2) is 8.22. The third-order valence-corrected chi connectivity index (χ3v) is 4.38. The summed E-state index contributed by atoms with van der Waals surface area (Å²) in [5.41, 5.74) is -0.885. The smallest absolute Gasteiger partial charge is 0.317 e. The van der Waals surface area contributed by atoms with Crippen LogP contribution in [0.2, 0.25) is 0 Å². The first-order chi connectivity index (χ1) is 9.95. The molecule has 0 aliphatic carbocycles. The van der Waals surface area contributed by atoms with E-state index in [2.05, 4.69) is 19.2 Å². The SMILES string of the molecule is CCC(C)CN(CC)C(=O)NCC1(C(=O)O)CCOCC1. The van der Waals surface area contributed by atoms with E-state index >= 15 is 0 Å². The number of hydrogen-bond acceptors (Lipinski definition) is 3. The van der Waals surface area contributed by atoms with Crippen molar-refractivity contribution in [3.8, 4) is 0 Å². The number of carboxylic acid groups (broad SMARTS) is 1. The molecule has 21 heavy (non-hydrogen) atoms. The largest absolute Gasteiger partial charge is 0.481 e. The Hall–Kier alpha value is -1.30. The van der Waals surface area contributed by atoms with Crippen molar-refractivity contribution < 1.29 is 19.4 Å². The van der Waals surface area contributed by atoms with Gasteiger partial charge < -0.3 is 20.1 Å². The lowest BCUT2D eigenvalue weighted by Crippen LogP contribution is -2.50. The van der Waals surface area contributed by atoms with Crippen molar-refractivity contribution in [2.75, 3.05) is 32.8 Å². The van der Waals surface area contributed by atoms with Crippen molar-refractivity contribution >= 4 is 12.0 Å².